The van der Waals surface area contributed by atoms with Crippen molar-refractivity contribution in [1.29, 1.82) is 0 Å². The van der Waals surface area contributed by atoms with Gasteiger partial charge >= 0.3 is 0 Å². The average molecular weight is 565 g/mol. The van der Waals surface area contributed by atoms with E-state index in [9.17, 15) is 14.3 Å². The van der Waals surface area contributed by atoms with E-state index in [0.717, 1.165) is 47.3 Å². The second kappa shape index (κ2) is 13.0. The van der Waals surface area contributed by atoms with Gasteiger partial charge in [-0.2, -0.15) is 0 Å². The maximum absolute atomic E-state index is 14.8. The minimum absolute atomic E-state index is 0.165. The molecule has 10 heteroatoms. The summed E-state index contributed by atoms with van der Waals surface area (Å²) in [6.45, 7) is 8.05. The van der Waals surface area contributed by atoms with E-state index < -0.39 is 17.8 Å². The van der Waals surface area contributed by atoms with Crippen LogP contribution in [0.15, 0.2) is 64.9 Å². The lowest BCUT2D eigenvalue weighted by Gasteiger charge is -2.21. The van der Waals surface area contributed by atoms with Crippen LogP contribution in [0, 0.1) is 12.7 Å². The van der Waals surface area contributed by atoms with Crippen LogP contribution in [0.25, 0.3) is 11.1 Å². The average Bonchev–Trinajstić information content (AvgIpc) is 3.36. The quantitative estimate of drug-likeness (QED) is 0.288. The molecule has 1 aliphatic carbocycles. The molecule has 210 valence electrons. The molecule has 8 nitrogen and oxygen atoms in total. The second-order valence-corrected chi connectivity index (χ2v) is 10.7. The molecule has 0 bridgehead atoms. The van der Waals surface area contributed by atoms with Gasteiger partial charge in [-0.1, -0.05) is 34.5 Å². The van der Waals surface area contributed by atoms with E-state index in [4.69, 9.17) is 9.47 Å². The zero-order valence-electron chi connectivity index (χ0n) is 23.2. The van der Waals surface area contributed by atoms with E-state index in [2.05, 4.69) is 27.4 Å². The number of nitrogens with one attached hydrogen (secondary N) is 1. The van der Waals surface area contributed by atoms with Crippen molar-refractivity contribution >= 4 is 22.4 Å². The largest absolute Gasteiger partial charge is 0.496 e. The Balaban J connectivity index is 1.48. The first-order valence-electron chi connectivity index (χ1n) is 13.0. The summed E-state index contributed by atoms with van der Waals surface area (Å²) >= 11 is 1.08. The number of ether oxygens (including phenoxy) is 2. The lowest BCUT2D eigenvalue weighted by atomic mass is 9.89. The molecule has 0 saturated heterocycles. The van der Waals surface area contributed by atoms with Crippen LogP contribution in [0.3, 0.4) is 0 Å². The van der Waals surface area contributed by atoms with Crippen LogP contribution in [0.1, 0.15) is 56.1 Å². The van der Waals surface area contributed by atoms with Crippen LogP contribution in [-0.4, -0.2) is 46.0 Å². The van der Waals surface area contributed by atoms with E-state index in [1.165, 1.54) is 24.9 Å². The van der Waals surface area contributed by atoms with Crippen LogP contribution in [0.4, 0.5) is 9.52 Å². The molecule has 2 aromatic heterocycles. The summed E-state index contributed by atoms with van der Waals surface area (Å²) in [4.78, 5) is 17.5. The molecule has 0 radical (unpaired) electrons. The first kappa shape index (κ1) is 29.1. The van der Waals surface area contributed by atoms with Crippen LogP contribution in [-0.2, 0) is 0 Å². The van der Waals surface area contributed by atoms with E-state index >= 15 is 0 Å². The molecule has 1 unspecified atom stereocenters. The molecule has 0 aliphatic heterocycles. The summed E-state index contributed by atoms with van der Waals surface area (Å²) in [5.41, 5.74) is 5.51. The van der Waals surface area contributed by atoms with Crippen molar-refractivity contribution in [1.82, 2.24) is 15.2 Å². The highest BCUT2D eigenvalue weighted by atomic mass is 32.1. The van der Waals surface area contributed by atoms with Gasteiger partial charge in [-0.15, -0.1) is 5.10 Å². The maximum Gasteiger partial charge on any atom is 0.296 e. The number of aliphatic hydroxyl groups is 1. The van der Waals surface area contributed by atoms with Gasteiger partial charge in [-0.3, -0.25) is 15.1 Å². The third-order valence-electron chi connectivity index (χ3n) is 6.72. The monoisotopic (exact) mass is 564 g/mol. The molecular weight excluding hydrogens is 531 g/mol. The molecule has 0 spiro atoms. The van der Waals surface area contributed by atoms with Crippen LogP contribution in [0.2, 0.25) is 0 Å². The Kier molecular flexibility index (Phi) is 9.44. The summed E-state index contributed by atoms with van der Waals surface area (Å²) in [6.07, 6.45) is 7.65. The highest BCUT2D eigenvalue weighted by Gasteiger charge is 2.21. The number of anilines is 1. The topological polar surface area (TPSA) is 106 Å². The van der Waals surface area contributed by atoms with Gasteiger partial charge in [0.1, 0.15) is 18.2 Å². The minimum atomic E-state index is -0.516. The van der Waals surface area contributed by atoms with Gasteiger partial charge in [0.15, 0.2) is 0 Å². The minimum Gasteiger partial charge on any atom is -0.496 e. The molecule has 2 N–H and O–H groups in total. The fourth-order valence-corrected chi connectivity index (χ4v) is 5.04. The molecule has 4 rings (SSSR count). The molecule has 1 atom stereocenters. The zero-order valence-corrected chi connectivity index (χ0v) is 24.1. The number of halogens is 1. The fraction of sp³-hybridized carbons (Fsp3) is 0.333. The highest BCUT2D eigenvalue weighted by Crippen LogP contribution is 2.35. The van der Waals surface area contributed by atoms with E-state index in [0.29, 0.717) is 17.0 Å². The van der Waals surface area contributed by atoms with Gasteiger partial charge in [-0.05, 0) is 87.6 Å². The van der Waals surface area contributed by atoms with Crippen molar-refractivity contribution in [3.63, 3.8) is 0 Å². The normalized spacial score (nSPS) is 15.3. The number of carbonyl (C=O) groups excluding carboxylic acids is 1. The summed E-state index contributed by atoms with van der Waals surface area (Å²) < 4.78 is 26.1. The first-order valence-corrected chi connectivity index (χ1v) is 13.8. The number of pyridine rings is 1. The predicted molar refractivity (Wildman–Crippen MR) is 154 cm³/mol. The van der Waals surface area contributed by atoms with Crippen molar-refractivity contribution in [2.24, 2.45) is 0 Å². The summed E-state index contributed by atoms with van der Waals surface area (Å²) in [6, 6.07) is 6.13. The Labute approximate surface area is 237 Å². The molecule has 40 heavy (non-hydrogen) atoms. The van der Waals surface area contributed by atoms with E-state index in [1.807, 2.05) is 26.0 Å². The molecule has 2 heterocycles. The van der Waals surface area contributed by atoms with Gasteiger partial charge in [0.05, 0.1) is 24.3 Å². The molecule has 0 saturated carbocycles. The summed E-state index contributed by atoms with van der Waals surface area (Å²) in [7, 11) is 1.45. The maximum atomic E-state index is 14.8. The van der Waals surface area contributed by atoms with E-state index in [1.54, 1.807) is 25.1 Å². The van der Waals surface area contributed by atoms with Crippen LogP contribution in [0.5, 0.6) is 10.9 Å². The number of allylic oxidation sites excluding steroid dienone is 2. The van der Waals surface area contributed by atoms with Crippen molar-refractivity contribution in [2.45, 2.75) is 53.1 Å². The van der Waals surface area contributed by atoms with Crippen LogP contribution < -0.4 is 14.8 Å². The smallest absolute Gasteiger partial charge is 0.296 e. The summed E-state index contributed by atoms with van der Waals surface area (Å²) in [5.74, 6) is -0.725. The van der Waals surface area contributed by atoms with Gasteiger partial charge < -0.3 is 14.6 Å². The molecular formula is C30H33FN4O4S. The predicted octanol–water partition coefficient (Wildman–Crippen LogP) is 6.44. The Hall–Kier alpha value is -3.89. The van der Waals surface area contributed by atoms with Crippen LogP contribution >= 0.6 is 11.3 Å². The number of aliphatic hydroxyl groups excluding tert-OH is 1. The number of carbonyl (C=O) groups is 1. The number of amides is 1. The van der Waals surface area contributed by atoms with Crippen molar-refractivity contribution in [2.75, 3.05) is 19.0 Å². The van der Waals surface area contributed by atoms with Crippen molar-refractivity contribution < 1.29 is 23.8 Å². The third-order valence-corrected chi connectivity index (χ3v) is 7.47. The number of hydrogen-bond acceptors (Lipinski definition) is 8. The molecule has 1 amide bonds. The Bertz CT molecular complexity index is 1490. The second-order valence-electron chi connectivity index (χ2n) is 9.81. The molecule has 1 aliphatic rings. The number of nitrogens with zero attached hydrogens (tertiary/aromatic N) is 3. The standard InChI is InChI=1S/C30H33FN4O4S/c1-17(2)20(12-13-21-18(3)8-6-10-25(21)36)16-39-30-35-34-29(40-30)33-28(37)23-15-32-19(4)14-22(23)27-24(31)9-7-11-26(27)38-5/h7,9,11-15,25,36H,6,8,10,16H2,1-5H3,(H,33,34,37)/b13-12-. The zero-order chi connectivity index (χ0) is 28.8. The first-order chi connectivity index (χ1) is 19.2. The molecule has 3 aromatic rings. The fourth-order valence-electron chi connectivity index (χ4n) is 4.45. The molecule has 1 aromatic carbocycles. The number of hydrogen-bond donors (Lipinski definition) is 2. The number of methoxy groups -OCH3 is 1. The SMILES string of the molecule is COc1cccc(F)c1-c1cc(C)ncc1C(=O)Nc1nnc(OCC(/C=C\C2=C(C)CCCC2O)=C(C)C)s1. The number of aromatic nitrogens is 3. The number of rotatable bonds is 9. The Morgan fingerprint density at radius 3 is 2.80 bits per heavy atom. The van der Waals surface area contributed by atoms with Crippen molar-refractivity contribution in [3.05, 3.63) is 82.0 Å². The lowest BCUT2D eigenvalue weighted by molar-refractivity contribution is 0.102. The van der Waals surface area contributed by atoms with Gasteiger partial charge in [0.25, 0.3) is 11.1 Å². The number of aryl methyl sites for hydroxylation is 1. The lowest BCUT2D eigenvalue weighted by Crippen LogP contribution is -2.15. The van der Waals surface area contributed by atoms with Gasteiger partial charge in [0, 0.05) is 17.5 Å². The number of benzene rings is 1. The highest BCUT2D eigenvalue weighted by molar-refractivity contribution is 7.17. The van der Waals surface area contributed by atoms with Gasteiger partial charge in [0.2, 0.25) is 5.13 Å². The summed E-state index contributed by atoms with van der Waals surface area (Å²) in [5, 5.41) is 21.7. The van der Waals surface area contributed by atoms with E-state index in [-0.39, 0.29) is 28.1 Å². The Morgan fingerprint density at radius 1 is 1.27 bits per heavy atom. The molecule has 0 fully saturated rings. The van der Waals surface area contributed by atoms with Gasteiger partial charge in [-0.25, -0.2) is 4.39 Å². The third kappa shape index (κ3) is 6.81. The Morgan fingerprint density at radius 2 is 2.08 bits per heavy atom. The van der Waals surface area contributed by atoms with Crippen molar-refractivity contribution in [3.8, 4) is 22.1 Å².